The molecule has 1 saturated heterocycles. The van der Waals surface area contributed by atoms with E-state index in [1.807, 2.05) is 36.7 Å². The first kappa shape index (κ1) is 25.3. The van der Waals surface area contributed by atoms with E-state index in [9.17, 15) is 5.11 Å². The minimum atomic E-state index is -0.970. The number of likely N-dealkylation sites (N-methyl/N-ethyl adjacent to an activating group) is 1. The fraction of sp³-hybridized carbons (Fsp3) is 0.444. The van der Waals surface area contributed by atoms with Gasteiger partial charge in [0.1, 0.15) is 17.3 Å². The molecule has 0 spiro atoms. The Labute approximate surface area is 205 Å². The van der Waals surface area contributed by atoms with Crippen LogP contribution >= 0.6 is 0 Å². The summed E-state index contributed by atoms with van der Waals surface area (Å²) in [5, 5.41) is 13.0. The Kier molecular flexibility index (Phi) is 7.26. The minimum absolute atomic E-state index is 0.0888. The van der Waals surface area contributed by atoms with Crippen molar-refractivity contribution in [3.8, 4) is 11.3 Å². The predicted octanol–water partition coefficient (Wildman–Crippen LogP) is 4.23. The quantitative estimate of drug-likeness (QED) is 0.526. The molecule has 1 aliphatic heterocycles. The van der Waals surface area contributed by atoms with Crippen LogP contribution in [0.4, 0.5) is 8.78 Å². The second kappa shape index (κ2) is 10.0. The van der Waals surface area contributed by atoms with E-state index >= 15 is 8.78 Å². The maximum atomic E-state index is 15.4. The van der Waals surface area contributed by atoms with Crippen LogP contribution < -0.4 is 5.32 Å². The second-order valence-electron chi connectivity index (χ2n) is 10.0. The normalized spacial score (nSPS) is 17.8. The Morgan fingerprint density at radius 2 is 2.00 bits per heavy atom. The van der Waals surface area contributed by atoms with E-state index in [1.165, 1.54) is 12.1 Å². The molecule has 0 saturated carbocycles. The number of hydrogen-bond acceptors (Lipinski definition) is 5. The molecule has 4 rings (SSSR count). The molecular formula is C27H34F2N4O2. The molecule has 6 nitrogen and oxygen atoms in total. The summed E-state index contributed by atoms with van der Waals surface area (Å²) in [6.07, 6.45) is 3.96. The summed E-state index contributed by atoms with van der Waals surface area (Å²) in [7, 11) is 2.04. The molecule has 0 aliphatic carbocycles. The van der Waals surface area contributed by atoms with Crippen molar-refractivity contribution in [2.24, 2.45) is 0 Å². The highest BCUT2D eigenvalue weighted by Crippen LogP contribution is 2.32. The predicted molar refractivity (Wildman–Crippen MR) is 133 cm³/mol. The number of pyridine rings is 1. The van der Waals surface area contributed by atoms with Gasteiger partial charge in [0.05, 0.1) is 35.3 Å². The van der Waals surface area contributed by atoms with Crippen LogP contribution in [0.25, 0.3) is 16.9 Å². The number of nitrogens with one attached hydrogen (secondary N) is 1. The maximum absolute atomic E-state index is 15.4. The molecule has 2 aromatic heterocycles. The zero-order chi connectivity index (χ0) is 25.3. The monoisotopic (exact) mass is 484 g/mol. The Morgan fingerprint density at radius 1 is 1.29 bits per heavy atom. The third-order valence-corrected chi connectivity index (χ3v) is 6.57. The second-order valence-corrected chi connectivity index (χ2v) is 10.0. The van der Waals surface area contributed by atoms with Crippen LogP contribution in [0.5, 0.6) is 0 Å². The standard InChI is InChI=1S/C27H34F2N4O2/c1-17-6-7-33-23(13-20-16-32(5)8-9-35-20)26(31-24(33)10-17)25-21(28)11-19(12-22(25)29)15-30-14-18(2)27(3,4)34/h6-7,10-12,14,20,30,34H,8-9,13,15-16H2,1-5H3/b18-14+. The van der Waals surface area contributed by atoms with Crippen molar-refractivity contribution in [1.29, 1.82) is 0 Å². The molecule has 0 radical (unpaired) electrons. The molecule has 3 heterocycles. The number of benzene rings is 1. The van der Waals surface area contributed by atoms with Crippen LogP contribution in [0, 0.1) is 18.6 Å². The first-order chi connectivity index (χ1) is 16.5. The number of morpholine rings is 1. The van der Waals surface area contributed by atoms with Crippen LogP contribution in [0.2, 0.25) is 0 Å². The summed E-state index contributed by atoms with van der Waals surface area (Å²) in [6.45, 7) is 9.56. The molecule has 0 bridgehead atoms. The van der Waals surface area contributed by atoms with Crippen LogP contribution in [-0.4, -0.2) is 57.8 Å². The van der Waals surface area contributed by atoms with Gasteiger partial charge in [0.15, 0.2) is 0 Å². The summed E-state index contributed by atoms with van der Waals surface area (Å²) in [6, 6.07) is 6.54. The largest absolute Gasteiger partial charge is 0.387 e. The average molecular weight is 485 g/mol. The molecule has 1 aliphatic rings. The van der Waals surface area contributed by atoms with Crippen molar-refractivity contribution in [3.63, 3.8) is 0 Å². The van der Waals surface area contributed by atoms with Crippen LogP contribution in [-0.2, 0) is 17.7 Å². The fourth-order valence-corrected chi connectivity index (χ4v) is 4.25. The Hall–Kier alpha value is -2.81. The lowest BCUT2D eigenvalue weighted by molar-refractivity contribution is -0.0190. The number of nitrogens with zero attached hydrogens (tertiary/aromatic N) is 3. The smallest absolute Gasteiger partial charge is 0.137 e. The zero-order valence-electron chi connectivity index (χ0n) is 21.0. The van der Waals surface area contributed by atoms with Gasteiger partial charge in [0.25, 0.3) is 0 Å². The van der Waals surface area contributed by atoms with Gasteiger partial charge in [0.2, 0.25) is 0 Å². The van der Waals surface area contributed by atoms with Crippen LogP contribution in [0.1, 0.15) is 37.6 Å². The summed E-state index contributed by atoms with van der Waals surface area (Å²) < 4.78 is 38.6. The number of halogens is 2. The van der Waals surface area contributed by atoms with E-state index in [2.05, 4.69) is 15.2 Å². The molecule has 0 amide bonds. The maximum Gasteiger partial charge on any atom is 0.137 e. The van der Waals surface area contributed by atoms with Gasteiger partial charge in [-0.3, -0.25) is 0 Å². The highest BCUT2D eigenvalue weighted by atomic mass is 19.1. The lowest BCUT2D eigenvalue weighted by Gasteiger charge is -2.30. The first-order valence-electron chi connectivity index (χ1n) is 11.9. The lowest BCUT2D eigenvalue weighted by Crippen LogP contribution is -2.41. The number of rotatable bonds is 7. The molecule has 35 heavy (non-hydrogen) atoms. The van der Waals surface area contributed by atoms with Crippen molar-refractivity contribution in [2.75, 3.05) is 26.7 Å². The summed E-state index contributed by atoms with van der Waals surface area (Å²) >= 11 is 0. The number of aryl methyl sites for hydroxylation is 1. The molecule has 1 atom stereocenters. The molecule has 188 valence electrons. The molecule has 2 N–H and O–H groups in total. The summed E-state index contributed by atoms with van der Waals surface area (Å²) in [5.41, 5.74) is 2.78. The number of imidazole rings is 1. The Bertz CT molecular complexity index is 1220. The van der Waals surface area contributed by atoms with Gasteiger partial charge >= 0.3 is 0 Å². The third kappa shape index (κ3) is 5.72. The highest BCUT2D eigenvalue weighted by molar-refractivity contribution is 5.68. The van der Waals surface area contributed by atoms with Gasteiger partial charge in [-0.2, -0.15) is 0 Å². The Balaban J connectivity index is 1.69. The molecule has 1 unspecified atom stereocenters. The number of hydrogen-bond donors (Lipinski definition) is 2. The van der Waals surface area contributed by atoms with Crippen molar-refractivity contribution in [1.82, 2.24) is 19.6 Å². The minimum Gasteiger partial charge on any atom is -0.387 e. The Morgan fingerprint density at radius 3 is 2.66 bits per heavy atom. The average Bonchev–Trinajstić information content (AvgIpc) is 3.09. The number of fused-ring (bicyclic) bond motifs is 1. The molecule has 3 aromatic rings. The van der Waals surface area contributed by atoms with Gasteiger partial charge < -0.3 is 24.5 Å². The molecular weight excluding hydrogens is 450 g/mol. The van der Waals surface area contributed by atoms with E-state index in [0.29, 0.717) is 29.9 Å². The number of aliphatic hydroxyl groups is 1. The van der Waals surface area contributed by atoms with Gasteiger partial charge in [-0.05, 0) is 81.9 Å². The van der Waals surface area contributed by atoms with Crippen molar-refractivity contribution in [2.45, 2.75) is 52.4 Å². The van der Waals surface area contributed by atoms with Gasteiger partial charge in [-0.1, -0.05) is 0 Å². The van der Waals surface area contributed by atoms with Crippen molar-refractivity contribution in [3.05, 3.63) is 70.7 Å². The summed E-state index contributed by atoms with van der Waals surface area (Å²) in [4.78, 5) is 6.85. The van der Waals surface area contributed by atoms with Gasteiger partial charge in [-0.15, -0.1) is 0 Å². The van der Waals surface area contributed by atoms with Crippen molar-refractivity contribution >= 4 is 5.65 Å². The van der Waals surface area contributed by atoms with Gasteiger partial charge in [0, 0.05) is 32.3 Å². The SMILES string of the molecule is C/C(=C\NCc1cc(F)c(-c2nc3cc(C)ccn3c2CC2CN(C)CCO2)c(F)c1)C(C)(C)O. The topological polar surface area (TPSA) is 62.0 Å². The van der Waals surface area contributed by atoms with Crippen LogP contribution in [0.15, 0.2) is 42.2 Å². The van der Waals surface area contributed by atoms with Gasteiger partial charge in [-0.25, -0.2) is 13.8 Å². The third-order valence-electron chi connectivity index (χ3n) is 6.57. The molecule has 1 fully saturated rings. The highest BCUT2D eigenvalue weighted by Gasteiger charge is 2.26. The fourth-order valence-electron chi connectivity index (χ4n) is 4.25. The van der Waals surface area contributed by atoms with E-state index in [0.717, 1.165) is 29.9 Å². The lowest BCUT2D eigenvalue weighted by atomic mass is 10.0. The molecule has 1 aromatic carbocycles. The van der Waals surface area contributed by atoms with E-state index in [4.69, 9.17) is 4.74 Å². The first-order valence-corrected chi connectivity index (χ1v) is 11.9. The van der Waals surface area contributed by atoms with E-state index < -0.39 is 17.2 Å². The molecule has 8 heteroatoms. The zero-order valence-corrected chi connectivity index (χ0v) is 21.0. The van der Waals surface area contributed by atoms with Crippen molar-refractivity contribution < 1.29 is 18.6 Å². The summed E-state index contributed by atoms with van der Waals surface area (Å²) in [5.74, 6) is -1.32. The van der Waals surface area contributed by atoms with E-state index in [-0.39, 0.29) is 18.2 Å². The number of ether oxygens (including phenoxy) is 1. The van der Waals surface area contributed by atoms with Crippen LogP contribution in [0.3, 0.4) is 0 Å². The van der Waals surface area contributed by atoms with E-state index in [1.54, 1.807) is 27.0 Å². The number of aromatic nitrogens is 2.